The second-order valence-corrected chi connectivity index (χ2v) is 5.17. The van der Waals surface area contributed by atoms with Crippen molar-refractivity contribution in [2.24, 2.45) is 0 Å². The highest BCUT2D eigenvalue weighted by Crippen LogP contribution is 2.14. The molecular formula is C14H11FINO. The number of carbonyl (C=O) groups excluding carboxylic acids is 1. The van der Waals surface area contributed by atoms with Crippen LogP contribution in [-0.2, 0) is 0 Å². The normalized spacial score (nSPS) is 10.2. The Morgan fingerprint density at radius 2 is 1.83 bits per heavy atom. The number of hydrogen-bond donors (Lipinski definition) is 1. The summed E-state index contributed by atoms with van der Waals surface area (Å²) < 4.78 is 14.2. The summed E-state index contributed by atoms with van der Waals surface area (Å²) in [5.41, 5.74) is 1.64. The third kappa shape index (κ3) is 3.07. The molecule has 0 saturated heterocycles. The number of rotatable bonds is 2. The monoisotopic (exact) mass is 355 g/mol. The van der Waals surface area contributed by atoms with Crippen LogP contribution in [-0.4, -0.2) is 5.91 Å². The molecule has 1 amide bonds. The van der Waals surface area contributed by atoms with E-state index in [-0.39, 0.29) is 11.7 Å². The van der Waals surface area contributed by atoms with Crippen LogP contribution in [0.15, 0.2) is 42.5 Å². The molecule has 18 heavy (non-hydrogen) atoms. The molecule has 0 heterocycles. The fourth-order valence-electron chi connectivity index (χ4n) is 1.52. The maximum absolute atomic E-state index is 13.1. The summed E-state index contributed by atoms with van der Waals surface area (Å²) in [5, 5.41) is 2.77. The molecule has 0 fully saturated rings. The Balaban J connectivity index is 2.16. The van der Waals surface area contributed by atoms with Gasteiger partial charge in [-0.25, -0.2) is 4.39 Å². The van der Waals surface area contributed by atoms with Crippen molar-refractivity contribution in [1.82, 2.24) is 0 Å². The summed E-state index contributed by atoms with van der Waals surface area (Å²) in [6.45, 7) is 1.64. The van der Waals surface area contributed by atoms with E-state index in [2.05, 4.69) is 27.9 Å². The van der Waals surface area contributed by atoms with E-state index >= 15 is 0 Å². The molecule has 0 aliphatic carbocycles. The highest BCUT2D eigenvalue weighted by Gasteiger charge is 2.07. The minimum atomic E-state index is -0.305. The van der Waals surface area contributed by atoms with Crippen molar-refractivity contribution in [3.05, 3.63) is 63.0 Å². The molecule has 1 N–H and O–H groups in total. The topological polar surface area (TPSA) is 29.1 Å². The van der Waals surface area contributed by atoms with Crippen molar-refractivity contribution in [2.75, 3.05) is 5.32 Å². The van der Waals surface area contributed by atoms with Gasteiger partial charge in [0.2, 0.25) is 0 Å². The molecule has 0 unspecified atom stereocenters. The molecular weight excluding hydrogens is 344 g/mol. The van der Waals surface area contributed by atoms with Gasteiger partial charge in [-0.2, -0.15) is 0 Å². The highest BCUT2D eigenvalue weighted by atomic mass is 127. The van der Waals surface area contributed by atoms with Gasteiger partial charge in [0.25, 0.3) is 5.91 Å². The van der Waals surface area contributed by atoms with Crippen LogP contribution >= 0.6 is 22.6 Å². The molecule has 0 saturated carbocycles. The number of halogens is 2. The molecule has 2 aromatic carbocycles. The largest absolute Gasteiger partial charge is 0.322 e. The molecule has 0 aliphatic rings. The molecule has 0 spiro atoms. The fraction of sp³-hybridized carbons (Fsp3) is 0.0714. The molecule has 0 atom stereocenters. The minimum absolute atomic E-state index is 0.237. The van der Waals surface area contributed by atoms with Crippen LogP contribution in [0.1, 0.15) is 15.9 Å². The summed E-state index contributed by atoms with van der Waals surface area (Å²) >= 11 is 2.20. The van der Waals surface area contributed by atoms with Gasteiger partial charge in [0.1, 0.15) is 5.82 Å². The molecule has 0 bridgehead atoms. The van der Waals surface area contributed by atoms with Crippen LogP contribution in [0.5, 0.6) is 0 Å². The summed E-state index contributed by atoms with van der Waals surface area (Å²) in [6, 6.07) is 11.8. The van der Waals surface area contributed by atoms with Crippen molar-refractivity contribution >= 4 is 34.2 Å². The maximum Gasteiger partial charge on any atom is 0.255 e. The molecule has 4 heteroatoms. The first-order chi connectivity index (χ1) is 8.56. The van der Waals surface area contributed by atoms with Gasteiger partial charge in [-0.1, -0.05) is 0 Å². The second kappa shape index (κ2) is 5.48. The first kappa shape index (κ1) is 13.0. The van der Waals surface area contributed by atoms with E-state index in [4.69, 9.17) is 0 Å². The Bertz CT molecular complexity index is 581. The summed E-state index contributed by atoms with van der Waals surface area (Å²) in [6.07, 6.45) is 0. The quantitative estimate of drug-likeness (QED) is 0.811. The van der Waals surface area contributed by atoms with Crippen molar-refractivity contribution in [1.29, 1.82) is 0 Å². The Morgan fingerprint density at radius 1 is 1.17 bits per heavy atom. The van der Waals surface area contributed by atoms with E-state index in [9.17, 15) is 9.18 Å². The first-order valence-electron chi connectivity index (χ1n) is 5.39. The molecule has 0 radical (unpaired) electrons. The van der Waals surface area contributed by atoms with Gasteiger partial charge in [-0.15, -0.1) is 0 Å². The van der Waals surface area contributed by atoms with Crippen molar-refractivity contribution in [2.45, 2.75) is 6.92 Å². The van der Waals surface area contributed by atoms with Gasteiger partial charge >= 0.3 is 0 Å². The van der Waals surface area contributed by atoms with Gasteiger partial charge in [0.15, 0.2) is 0 Å². The zero-order valence-electron chi connectivity index (χ0n) is 9.71. The van der Waals surface area contributed by atoms with Gasteiger partial charge in [-0.05, 0) is 77.5 Å². The average molecular weight is 355 g/mol. The summed E-state index contributed by atoms with van der Waals surface area (Å²) in [4.78, 5) is 11.9. The van der Waals surface area contributed by atoms with Crippen LogP contribution in [0.3, 0.4) is 0 Å². The lowest BCUT2D eigenvalue weighted by atomic mass is 10.1. The number of anilines is 1. The maximum atomic E-state index is 13.1. The smallest absolute Gasteiger partial charge is 0.255 e. The van der Waals surface area contributed by atoms with Gasteiger partial charge in [0.05, 0.1) is 0 Å². The molecule has 92 valence electrons. The zero-order valence-corrected chi connectivity index (χ0v) is 11.9. The van der Waals surface area contributed by atoms with E-state index in [1.165, 1.54) is 18.2 Å². The molecule has 2 aromatic rings. The summed E-state index contributed by atoms with van der Waals surface area (Å²) in [5.74, 6) is -0.542. The first-order valence-corrected chi connectivity index (χ1v) is 6.47. The average Bonchev–Trinajstić information content (AvgIpc) is 2.35. The SMILES string of the molecule is Cc1cc(C(=O)Nc2ccc(I)cc2)ccc1F. The van der Waals surface area contributed by atoms with Crippen molar-refractivity contribution < 1.29 is 9.18 Å². The standard InChI is InChI=1S/C14H11FINO/c1-9-8-10(2-7-13(9)15)14(18)17-12-5-3-11(16)4-6-12/h2-8H,1H3,(H,17,18). The molecule has 2 nitrogen and oxygen atoms in total. The third-order valence-corrected chi connectivity index (χ3v) is 3.24. The van der Waals surface area contributed by atoms with Crippen LogP contribution in [0.4, 0.5) is 10.1 Å². The number of carbonyl (C=O) groups is 1. The van der Waals surface area contributed by atoms with E-state index < -0.39 is 0 Å². The molecule has 0 aliphatic heterocycles. The zero-order chi connectivity index (χ0) is 13.1. The highest BCUT2D eigenvalue weighted by molar-refractivity contribution is 14.1. The lowest BCUT2D eigenvalue weighted by Crippen LogP contribution is -2.12. The predicted octanol–water partition coefficient (Wildman–Crippen LogP) is 3.99. The Kier molecular flexibility index (Phi) is 3.96. The van der Waals surface area contributed by atoms with Crippen LogP contribution < -0.4 is 5.32 Å². The molecule has 0 aromatic heterocycles. The predicted molar refractivity (Wildman–Crippen MR) is 78.2 cm³/mol. The van der Waals surface area contributed by atoms with E-state index in [1.54, 1.807) is 6.92 Å². The summed E-state index contributed by atoms with van der Waals surface area (Å²) in [7, 11) is 0. The van der Waals surface area contributed by atoms with Gasteiger partial charge in [-0.3, -0.25) is 4.79 Å². The lowest BCUT2D eigenvalue weighted by molar-refractivity contribution is 0.102. The Morgan fingerprint density at radius 3 is 2.44 bits per heavy atom. The van der Waals surface area contributed by atoms with E-state index in [0.717, 1.165) is 9.26 Å². The number of hydrogen-bond acceptors (Lipinski definition) is 1. The van der Waals surface area contributed by atoms with Crippen LogP contribution in [0.2, 0.25) is 0 Å². The van der Waals surface area contributed by atoms with Crippen LogP contribution in [0.25, 0.3) is 0 Å². The minimum Gasteiger partial charge on any atom is -0.322 e. The Labute approximate surface area is 118 Å². The number of nitrogens with one attached hydrogen (secondary N) is 1. The second-order valence-electron chi connectivity index (χ2n) is 3.92. The number of amides is 1. The number of aryl methyl sites for hydroxylation is 1. The van der Waals surface area contributed by atoms with Crippen molar-refractivity contribution in [3.8, 4) is 0 Å². The third-order valence-electron chi connectivity index (χ3n) is 2.52. The van der Waals surface area contributed by atoms with E-state index in [1.807, 2.05) is 24.3 Å². The van der Waals surface area contributed by atoms with Gasteiger partial charge < -0.3 is 5.32 Å². The van der Waals surface area contributed by atoms with Crippen molar-refractivity contribution in [3.63, 3.8) is 0 Å². The van der Waals surface area contributed by atoms with Gasteiger partial charge in [0, 0.05) is 14.8 Å². The number of benzene rings is 2. The molecule has 2 rings (SSSR count). The van der Waals surface area contributed by atoms with Crippen LogP contribution in [0, 0.1) is 16.3 Å². The fourth-order valence-corrected chi connectivity index (χ4v) is 1.88. The Hall–Kier alpha value is -1.43. The van der Waals surface area contributed by atoms with E-state index in [0.29, 0.717) is 11.1 Å². The lowest BCUT2D eigenvalue weighted by Gasteiger charge is -2.06.